The van der Waals surface area contributed by atoms with Crippen LogP contribution in [0.5, 0.6) is 0 Å². The third kappa shape index (κ3) is 2.23. The average Bonchev–Trinajstić information content (AvgIpc) is 2.74. The van der Waals surface area contributed by atoms with Crippen LogP contribution in [-0.2, 0) is 0 Å². The number of aliphatic hydroxyl groups excluding tert-OH is 1. The summed E-state index contributed by atoms with van der Waals surface area (Å²) in [6, 6.07) is 7.57. The molecule has 1 unspecified atom stereocenters. The molecule has 15 heavy (non-hydrogen) atoms. The fourth-order valence-electron chi connectivity index (χ4n) is 1.40. The minimum absolute atomic E-state index is 0.575. The van der Waals surface area contributed by atoms with Gasteiger partial charge in [-0.05, 0) is 46.5 Å². The zero-order valence-electron chi connectivity index (χ0n) is 8.27. The van der Waals surface area contributed by atoms with Crippen molar-refractivity contribution in [1.29, 1.82) is 0 Å². The quantitative estimate of drug-likeness (QED) is 0.844. The van der Waals surface area contributed by atoms with Gasteiger partial charge >= 0.3 is 0 Å². The molecule has 2 rings (SSSR count). The summed E-state index contributed by atoms with van der Waals surface area (Å²) >= 11 is 7.59. The van der Waals surface area contributed by atoms with Gasteiger partial charge in [-0.2, -0.15) is 11.3 Å². The van der Waals surface area contributed by atoms with E-state index in [2.05, 4.69) is 0 Å². The zero-order valence-corrected chi connectivity index (χ0v) is 9.85. The van der Waals surface area contributed by atoms with E-state index >= 15 is 0 Å². The lowest BCUT2D eigenvalue weighted by Gasteiger charge is -2.10. The Hall–Kier alpha value is -0.830. The second-order valence-corrected chi connectivity index (χ2v) is 4.66. The Balaban J connectivity index is 2.34. The molecule has 0 spiro atoms. The van der Waals surface area contributed by atoms with Crippen molar-refractivity contribution in [2.24, 2.45) is 0 Å². The normalized spacial score (nSPS) is 12.7. The molecule has 1 N–H and O–H groups in total. The van der Waals surface area contributed by atoms with Crippen molar-refractivity contribution < 1.29 is 5.11 Å². The largest absolute Gasteiger partial charge is 0.384 e. The van der Waals surface area contributed by atoms with Crippen molar-refractivity contribution in [3.63, 3.8) is 0 Å². The van der Waals surface area contributed by atoms with Crippen molar-refractivity contribution in [2.75, 3.05) is 0 Å². The van der Waals surface area contributed by atoms with E-state index in [-0.39, 0.29) is 0 Å². The van der Waals surface area contributed by atoms with Gasteiger partial charge in [0, 0.05) is 5.02 Å². The summed E-state index contributed by atoms with van der Waals surface area (Å²) in [5.74, 6) is 0. The number of aryl methyl sites for hydroxylation is 1. The van der Waals surface area contributed by atoms with E-state index in [1.54, 1.807) is 11.3 Å². The highest BCUT2D eigenvalue weighted by molar-refractivity contribution is 7.07. The molecular formula is C12H11ClOS. The van der Waals surface area contributed by atoms with Gasteiger partial charge in [-0.15, -0.1) is 0 Å². The molecular weight excluding hydrogens is 228 g/mol. The maximum atomic E-state index is 10.0. The van der Waals surface area contributed by atoms with Gasteiger partial charge < -0.3 is 5.11 Å². The van der Waals surface area contributed by atoms with Crippen LogP contribution in [-0.4, -0.2) is 5.11 Å². The Morgan fingerprint density at radius 1 is 1.27 bits per heavy atom. The molecule has 0 amide bonds. The summed E-state index contributed by atoms with van der Waals surface area (Å²) in [4.78, 5) is 0. The Kier molecular flexibility index (Phi) is 3.10. The fraction of sp³-hybridized carbons (Fsp3) is 0.167. The summed E-state index contributed by atoms with van der Waals surface area (Å²) in [6.45, 7) is 1.95. The first-order valence-electron chi connectivity index (χ1n) is 4.64. The molecule has 78 valence electrons. The number of halogens is 1. The predicted molar refractivity (Wildman–Crippen MR) is 64.6 cm³/mol. The van der Waals surface area contributed by atoms with E-state index in [1.165, 1.54) is 0 Å². The van der Waals surface area contributed by atoms with Gasteiger partial charge in [0.05, 0.1) is 0 Å². The SMILES string of the molecule is Cc1ccc(C(O)c2ccsc2)cc1Cl. The molecule has 1 atom stereocenters. The Morgan fingerprint density at radius 2 is 2.07 bits per heavy atom. The number of benzene rings is 1. The highest BCUT2D eigenvalue weighted by Crippen LogP contribution is 2.27. The van der Waals surface area contributed by atoms with Crippen LogP contribution in [0.15, 0.2) is 35.0 Å². The Bertz CT molecular complexity index is 451. The summed E-state index contributed by atoms with van der Waals surface area (Å²) in [5, 5.41) is 14.6. The number of aliphatic hydroxyl groups is 1. The third-order valence-corrected chi connectivity index (χ3v) is 3.48. The van der Waals surface area contributed by atoms with E-state index in [1.807, 2.05) is 41.9 Å². The number of hydrogen-bond acceptors (Lipinski definition) is 2. The molecule has 0 aliphatic rings. The van der Waals surface area contributed by atoms with E-state index < -0.39 is 6.10 Å². The van der Waals surface area contributed by atoms with Crippen molar-refractivity contribution in [1.82, 2.24) is 0 Å². The molecule has 0 bridgehead atoms. The highest BCUT2D eigenvalue weighted by atomic mass is 35.5. The molecule has 0 radical (unpaired) electrons. The van der Waals surface area contributed by atoms with Crippen LogP contribution >= 0.6 is 22.9 Å². The van der Waals surface area contributed by atoms with Crippen LogP contribution in [0.1, 0.15) is 22.8 Å². The van der Waals surface area contributed by atoms with Crippen LogP contribution in [0.3, 0.4) is 0 Å². The summed E-state index contributed by atoms with van der Waals surface area (Å²) in [6.07, 6.45) is -0.575. The molecule has 2 aromatic rings. The first-order valence-corrected chi connectivity index (χ1v) is 5.97. The molecule has 0 saturated carbocycles. The second kappa shape index (κ2) is 4.35. The Morgan fingerprint density at radius 3 is 2.67 bits per heavy atom. The van der Waals surface area contributed by atoms with Gasteiger partial charge in [0.2, 0.25) is 0 Å². The molecule has 0 aliphatic heterocycles. The number of rotatable bonds is 2. The van der Waals surface area contributed by atoms with Gasteiger partial charge in [-0.1, -0.05) is 23.7 Å². The van der Waals surface area contributed by atoms with Crippen molar-refractivity contribution >= 4 is 22.9 Å². The number of thiophene rings is 1. The molecule has 0 aliphatic carbocycles. The van der Waals surface area contributed by atoms with Crippen molar-refractivity contribution in [3.05, 3.63) is 56.7 Å². The predicted octanol–water partition coefficient (Wildman–Crippen LogP) is 3.79. The average molecular weight is 239 g/mol. The zero-order chi connectivity index (χ0) is 10.8. The Labute approximate surface area is 98.0 Å². The lowest BCUT2D eigenvalue weighted by atomic mass is 10.0. The summed E-state index contributed by atoms with van der Waals surface area (Å²) in [7, 11) is 0. The lowest BCUT2D eigenvalue weighted by Crippen LogP contribution is -1.97. The number of hydrogen-bond donors (Lipinski definition) is 1. The van der Waals surface area contributed by atoms with Gasteiger partial charge in [-0.3, -0.25) is 0 Å². The standard InChI is InChI=1S/C12H11ClOS/c1-8-2-3-9(6-11(8)13)12(14)10-4-5-15-7-10/h2-7,12,14H,1H3. The van der Waals surface area contributed by atoms with Crippen molar-refractivity contribution in [3.8, 4) is 0 Å². The minimum atomic E-state index is -0.575. The van der Waals surface area contributed by atoms with Crippen LogP contribution in [0.4, 0.5) is 0 Å². The van der Waals surface area contributed by atoms with Crippen LogP contribution in [0.25, 0.3) is 0 Å². The van der Waals surface area contributed by atoms with Crippen LogP contribution in [0.2, 0.25) is 5.02 Å². The van der Waals surface area contributed by atoms with E-state index in [0.29, 0.717) is 5.02 Å². The molecule has 3 heteroatoms. The van der Waals surface area contributed by atoms with Crippen molar-refractivity contribution in [2.45, 2.75) is 13.0 Å². The molecule has 0 saturated heterocycles. The smallest absolute Gasteiger partial charge is 0.105 e. The minimum Gasteiger partial charge on any atom is -0.384 e. The monoisotopic (exact) mass is 238 g/mol. The maximum absolute atomic E-state index is 10.0. The van der Waals surface area contributed by atoms with Gasteiger partial charge in [-0.25, -0.2) is 0 Å². The van der Waals surface area contributed by atoms with Crippen LogP contribution < -0.4 is 0 Å². The first kappa shape index (κ1) is 10.7. The topological polar surface area (TPSA) is 20.2 Å². The molecule has 1 heterocycles. The van der Waals surface area contributed by atoms with Crippen LogP contribution in [0, 0.1) is 6.92 Å². The molecule has 1 nitrogen and oxygen atoms in total. The first-order chi connectivity index (χ1) is 7.18. The molecule has 1 aromatic carbocycles. The van der Waals surface area contributed by atoms with Gasteiger partial charge in [0.15, 0.2) is 0 Å². The van der Waals surface area contributed by atoms with E-state index in [0.717, 1.165) is 16.7 Å². The van der Waals surface area contributed by atoms with Gasteiger partial charge in [0.1, 0.15) is 6.10 Å². The van der Waals surface area contributed by atoms with Gasteiger partial charge in [0.25, 0.3) is 0 Å². The van der Waals surface area contributed by atoms with E-state index in [4.69, 9.17) is 11.6 Å². The fourth-order valence-corrected chi connectivity index (χ4v) is 2.27. The summed E-state index contributed by atoms with van der Waals surface area (Å²) in [5.41, 5.74) is 2.78. The third-order valence-electron chi connectivity index (χ3n) is 2.37. The summed E-state index contributed by atoms with van der Waals surface area (Å²) < 4.78 is 0. The second-order valence-electron chi connectivity index (χ2n) is 3.47. The molecule has 1 aromatic heterocycles. The highest BCUT2D eigenvalue weighted by Gasteiger charge is 2.11. The maximum Gasteiger partial charge on any atom is 0.105 e. The lowest BCUT2D eigenvalue weighted by molar-refractivity contribution is 0.221. The molecule has 0 fully saturated rings. The van der Waals surface area contributed by atoms with E-state index in [9.17, 15) is 5.11 Å².